The zero-order chi connectivity index (χ0) is 13.1. The Kier molecular flexibility index (Phi) is 4.27. The number of H-pyrrole nitrogens is 1. The Balaban J connectivity index is 2.21. The summed E-state index contributed by atoms with van der Waals surface area (Å²) in [5.41, 5.74) is 7.46. The summed E-state index contributed by atoms with van der Waals surface area (Å²) in [4.78, 5) is 7.57. The van der Waals surface area contributed by atoms with Crippen molar-refractivity contribution in [1.29, 1.82) is 0 Å². The molecule has 0 fully saturated rings. The number of nitrogens with one attached hydrogen (secondary N) is 1. The molecule has 0 aliphatic heterocycles. The van der Waals surface area contributed by atoms with Crippen molar-refractivity contribution in [2.24, 2.45) is 5.73 Å². The number of nitrogens with zero attached hydrogens (tertiary/aromatic N) is 1. The first-order valence-corrected chi connectivity index (χ1v) is 6.56. The molecule has 0 aliphatic carbocycles. The molecule has 1 aromatic heterocycles. The van der Waals surface area contributed by atoms with Crippen LogP contribution in [0, 0.1) is 0 Å². The highest BCUT2D eigenvalue weighted by molar-refractivity contribution is 6.35. The fraction of sp³-hybridized carbons (Fsp3) is 0.308. The Labute approximate surface area is 116 Å². The number of aryl methyl sites for hydroxylation is 1. The van der Waals surface area contributed by atoms with Gasteiger partial charge in [-0.3, -0.25) is 0 Å². The van der Waals surface area contributed by atoms with Crippen LogP contribution in [-0.2, 0) is 6.42 Å². The van der Waals surface area contributed by atoms with Crippen LogP contribution in [0.15, 0.2) is 24.4 Å². The van der Waals surface area contributed by atoms with E-state index < -0.39 is 0 Å². The summed E-state index contributed by atoms with van der Waals surface area (Å²) in [6.07, 6.45) is 3.50. The smallest absolute Gasteiger partial charge is 0.106 e. The number of nitrogens with two attached hydrogens (primary N) is 1. The van der Waals surface area contributed by atoms with Gasteiger partial charge in [-0.2, -0.15) is 0 Å². The fourth-order valence-electron chi connectivity index (χ4n) is 1.69. The van der Waals surface area contributed by atoms with Crippen LogP contribution >= 0.6 is 23.2 Å². The van der Waals surface area contributed by atoms with E-state index in [1.54, 1.807) is 18.3 Å². The molecule has 0 bridgehead atoms. The second kappa shape index (κ2) is 5.74. The molecule has 1 unspecified atom stereocenters. The van der Waals surface area contributed by atoms with Gasteiger partial charge in [-0.25, -0.2) is 4.98 Å². The summed E-state index contributed by atoms with van der Waals surface area (Å²) in [5.74, 6) is 0.915. The Morgan fingerprint density at radius 2 is 2.17 bits per heavy atom. The monoisotopic (exact) mass is 283 g/mol. The van der Waals surface area contributed by atoms with Gasteiger partial charge in [-0.05, 0) is 31.5 Å². The zero-order valence-electron chi connectivity index (χ0n) is 10.1. The predicted molar refractivity (Wildman–Crippen MR) is 76.0 cm³/mol. The van der Waals surface area contributed by atoms with E-state index >= 15 is 0 Å². The van der Waals surface area contributed by atoms with Gasteiger partial charge in [0, 0.05) is 23.0 Å². The minimum absolute atomic E-state index is 0.174. The Hall–Kier alpha value is -1.03. The highest BCUT2D eigenvalue weighted by Gasteiger charge is 2.08. The number of imidazole rings is 1. The average molecular weight is 284 g/mol. The van der Waals surface area contributed by atoms with Crippen molar-refractivity contribution < 1.29 is 0 Å². The molecule has 0 saturated heterocycles. The highest BCUT2D eigenvalue weighted by Crippen LogP contribution is 2.29. The standard InChI is InChI=1S/C13H15Cl2N3/c1-8(16)2-5-13-17-7-12(18-13)10-6-9(14)3-4-11(10)15/h3-4,6-8H,2,5,16H2,1H3,(H,17,18). The number of halogens is 2. The van der Waals surface area contributed by atoms with Gasteiger partial charge in [0.2, 0.25) is 0 Å². The number of aromatic nitrogens is 2. The maximum Gasteiger partial charge on any atom is 0.106 e. The second-order valence-electron chi connectivity index (χ2n) is 4.38. The molecule has 1 atom stereocenters. The molecule has 18 heavy (non-hydrogen) atoms. The van der Waals surface area contributed by atoms with Crippen LogP contribution in [0.1, 0.15) is 19.2 Å². The third-order valence-electron chi connectivity index (χ3n) is 2.68. The molecular weight excluding hydrogens is 269 g/mol. The van der Waals surface area contributed by atoms with Gasteiger partial charge < -0.3 is 10.7 Å². The number of rotatable bonds is 4. The quantitative estimate of drug-likeness (QED) is 0.900. The Morgan fingerprint density at radius 3 is 2.89 bits per heavy atom. The molecule has 5 heteroatoms. The SMILES string of the molecule is CC(N)CCc1ncc(-c2cc(Cl)ccc2Cl)[nH]1. The predicted octanol–water partition coefficient (Wildman–Crippen LogP) is 3.66. The van der Waals surface area contributed by atoms with Crippen LogP contribution in [-0.4, -0.2) is 16.0 Å². The Morgan fingerprint density at radius 1 is 1.39 bits per heavy atom. The molecule has 0 saturated carbocycles. The molecule has 0 aliphatic rings. The molecule has 3 nitrogen and oxygen atoms in total. The van der Waals surface area contributed by atoms with Crippen molar-refractivity contribution in [3.8, 4) is 11.3 Å². The van der Waals surface area contributed by atoms with E-state index in [4.69, 9.17) is 28.9 Å². The zero-order valence-corrected chi connectivity index (χ0v) is 11.6. The maximum absolute atomic E-state index is 6.14. The first-order chi connectivity index (χ1) is 8.56. The maximum atomic E-state index is 6.14. The average Bonchev–Trinajstić information content (AvgIpc) is 2.78. The van der Waals surface area contributed by atoms with E-state index in [0.29, 0.717) is 10.0 Å². The minimum Gasteiger partial charge on any atom is -0.342 e. The molecule has 0 amide bonds. The van der Waals surface area contributed by atoms with E-state index in [2.05, 4.69) is 9.97 Å². The summed E-state index contributed by atoms with van der Waals surface area (Å²) >= 11 is 12.1. The van der Waals surface area contributed by atoms with E-state index in [9.17, 15) is 0 Å². The van der Waals surface area contributed by atoms with Crippen LogP contribution in [0.3, 0.4) is 0 Å². The van der Waals surface area contributed by atoms with Gasteiger partial charge in [-0.1, -0.05) is 23.2 Å². The molecule has 2 aromatic rings. The lowest BCUT2D eigenvalue weighted by molar-refractivity contribution is 0.652. The summed E-state index contributed by atoms with van der Waals surface area (Å²) in [6, 6.07) is 5.54. The molecule has 0 spiro atoms. The molecule has 1 aromatic carbocycles. The van der Waals surface area contributed by atoms with Crippen molar-refractivity contribution in [2.75, 3.05) is 0 Å². The van der Waals surface area contributed by atoms with E-state index in [1.165, 1.54) is 0 Å². The number of benzene rings is 1. The minimum atomic E-state index is 0.174. The lowest BCUT2D eigenvalue weighted by Gasteiger charge is -2.03. The molecule has 3 N–H and O–H groups in total. The number of aromatic amines is 1. The number of hydrogen-bond donors (Lipinski definition) is 2. The van der Waals surface area contributed by atoms with Crippen LogP contribution < -0.4 is 5.73 Å². The summed E-state index contributed by atoms with van der Waals surface area (Å²) < 4.78 is 0. The van der Waals surface area contributed by atoms with Crippen molar-refractivity contribution in [1.82, 2.24) is 9.97 Å². The van der Waals surface area contributed by atoms with Crippen LogP contribution in [0.4, 0.5) is 0 Å². The molecule has 96 valence electrons. The topological polar surface area (TPSA) is 54.7 Å². The van der Waals surface area contributed by atoms with E-state index in [0.717, 1.165) is 29.9 Å². The van der Waals surface area contributed by atoms with Gasteiger partial charge >= 0.3 is 0 Å². The molecule has 0 radical (unpaired) electrons. The summed E-state index contributed by atoms with van der Waals surface area (Å²) in [6.45, 7) is 1.98. The van der Waals surface area contributed by atoms with Crippen molar-refractivity contribution >= 4 is 23.2 Å². The van der Waals surface area contributed by atoms with Gasteiger partial charge in [0.05, 0.1) is 16.9 Å². The van der Waals surface area contributed by atoms with Gasteiger partial charge in [0.1, 0.15) is 5.82 Å². The van der Waals surface area contributed by atoms with Crippen molar-refractivity contribution in [3.63, 3.8) is 0 Å². The van der Waals surface area contributed by atoms with Crippen LogP contribution in [0.25, 0.3) is 11.3 Å². The summed E-state index contributed by atoms with van der Waals surface area (Å²) in [5, 5.41) is 1.31. The first-order valence-electron chi connectivity index (χ1n) is 5.81. The molecule has 1 heterocycles. The third-order valence-corrected chi connectivity index (χ3v) is 3.25. The summed E-state index contributed by atoms with van der Waals surface area (Å²) in [7, 11) is 0. The van der Waals surface area contributed by atoms with Crippen molar-refractivity contribution in [3.05, 3.63) is 40.3 Å². The fourth-order valence-corrected chi connectivity index (χ4v) is 2.09. The highest BCUT2D eigenvalue weighted by atomic mass is 35.5. The molecular formula is C13H15Cl2N3. The lowest BCUT2D eigenvalue weighted by Crippen LogP contribution is -2.15. The van der Waals surface area contributed by atoms with Gasteiger partial charge in [0.25, 0.3) is 0 Å². The van der Waals surface area contributed by atoms with Gasteiger partial charge in [-0.15, -0.1) is 0 Å². The Bertz CT molecular complexity index is 535. The van der Waals surface area contributed by atoms with E-state index in [-0.39, 0.29) is 6.04 Å². The first kappa shape index (κ1) is 13.4. The lowest BCUT2D eigenvalue weighted by atomic mass is 10.2. The number of hydrogen-bond acceptors (Lipinski definition) is 2. The van der Waals surface area contributed by atoms with Crippen LogP contribution in [0.5, 0.6) is 0 Å². The van der Waals surface area contributed by atoms with Crippen LogP contribution in [0.2, 0.25) is 10.0 Å². The van der Waals surface area contributed by atoms with Crippen molar-refractivity contribution in [2.45, 2.75) is 25.8 Å². The normalized spacial score (nSPS) is 12.7. The third kappa shape index (κ3) is 3.25. The second-order valence-corrected chi connectivity index (χ2v) is 5.23. The van der Waals surface area contributed by atoms with E-state index in [1.807, 2.05) is 13.0 Å². The molecule has 2 rings (SSSR count). The largest absolute Gasteiger partial charge is 0.342 e. The van der Waals surface area contributed by atoms with Gasteiger partial charge in [0.15, 0.2) is 0 Å².